The monoisotopic (exact) mass is 270 g/mol. The molecule has 5 heteroatoms. The molecule has 0 rings (SSSR count). The number of aliphatic hydroxyl groups is 2. The molecule has 0 heterocycles. The van der Waals surface area contributed by atoms with E-state index in [1.807, 2.05) is 13.8 Å². The summed E-state index contributed by atoms with van der Waals surface area (Å²) in [6, 6.07) is 0. The summed E-state index contributed by atoms with van der Waals surface area (Å²) in [5.41, 5.74) is 0. The van der Waals surface area contributed by atoms with Crippen LogP contribution in [0.2, 0.25) is 0 Å². The van der Waals surface area contributed by atoms with Gasteiger partial charge in [0.2, 0.25) is 0 Å². The van der Waals surface area contributed by atoms with Crippen LogP contribution in [0.25, 0.3) is 10.6 Å². The van der Waals surface area contributed by atoms with Gasteiger partial charge in [0.1, 0.15) is 0 Å². The third kappa shape index (κ3) is 197. The SMILES string of the molecule is CC[N-]C.CC[N-]C.CO.CO.[Zr+2]. The summed E-state index contributed by atoms with van der Waals surface area (Å²) in [4.78, 5) is 0. The van der Waals surface area contributed by atoms with Crippen molar-refractivity contribution < 1.29 is 36.4 Å². The molecule has 0 aromatic heterocycles. The molecule has 4 nitrogen and oxygen atoms in total. The third-order valence-corrected chi connectivity index (χ3v) is 0.632. The molecule has 0 unspecified atom stereocenters. The van der Waals surface area contributed by atoms with Gasteiger partial charge in [0, 0.05) is 14.2 Å². The van der Waals surface area contributed by atoms with Crippen LogP contribution < -0.4 is 0 Å². The van der Waals surface area contributed by atoms with Crippen molar-refractivity contribution in [1.29, 1.82) is 0 Å². The van der Waals surface area contributed by atoms with Crippen molar-refractivity contribution >= 4 is 0 Å². The van der Waals surface area contributed by atoms with Gasteiger partial charge in [0.15, 0.2) is 0 Å². The maximum atomic E-state index is 7.00. The van der Waals surface area contributed by atoms with Crippen molar-refractivity contribution in [3.63, 3.8) is 0 Å². The minimum atomic E-state index is 0. The molecule has 0 fully saturated rings. The summed E-state index contributed by atoms with van der Waals surface area (Å²) < 4.78 is 0. The molecule has 0 saturated heterocycles. The smallest absolute Gasteiger partial charge is 0.665 e. The van der Waals surface area contributed by atoms with Gasteiger partial charge in [-0.05, 0) is 0 Å². The zero-order valence-corrected chi connectivity index (χ0v) is 12.2. The Morgan fingerprint density at radius 1 is 0.769 bits per heavy atom. The fourth-order valence-corrected chi connectivity index (χ4v) is 0. The number of hydrogen-bond donors (Lipinski definition) is 2. The number of nitrogens with zero attached hydrogens (tertiary/aromatic N) is 2. The first-order valence-electron chi connectivity index (χ1n) is 3.84. The zero-order chi connectivity index (χ0) is 10.8. The molecule has 0 aromatic carbocycles. The molecule has 0 atom stereocenters. The topological polar surface area (TPSA) is 68.7 Å². The van der Waals surface area contributed by atoms with Crippen molar-refractivity contribution in [3.8, 4) is 0 Å². The second kappa shape index (κ2) is 78.4. The largest absolute Gasteiger partial charge is 2.00 e. The maximum absolute atomic E-state index is 7.00. The number of hydrogen-bond acceptors (Lipinski definition) is 2. The average Bonchev–Trinajstić information content (AvgIpc) is 2.23. The van der Waals surface area contributed by atoms with E-state index in [4.69, 9.17) is 10.2 Å². The Balaban J connectivity index is -0.0000000226. The van der Waals surface area contributed by atoms with Crippen molar-refractivity contribution in [3.05, 3.63) is 10.6 Å². The summed E-state index contributed by atoms with van der Waals surface area (Å²) in [5.74, 6) is 0. The molecule has 0 aromatic rings. The van der Waals surface area contributed by atoms with Crippen LogP contribution in [0.15, 0.2) is 0 Å². The minimum Gasteiger partial charge on any atom is -0.665 e. The van der Waals surface area contributed by atoms with Crippen LogP contribution in [0, 0.1) is 0 Å². The Labute approximate surface area is 102 Å². The van der Waals surface area contributed by atoms with E-state index in [1.165, 1.54) is 0 Å². The zero-order valence-electron chi connectivity index (χ0n) is 9.70. The Morgan fingerprint density at radius 2 is 0.846 bits per heavy atom. The normalized spacial score (nSPS) is 5.54. The Kier molecular flexibility index (Phi) is 176. The summed E-state index contributed by atoms with van der Waals surface area (Å²) in [7, 11) is 5.61. The van der Waals surface area contributed by atoms with E-state index in [-0.39, 0.29) is 26.2 Å². The van der Waals surface area contributed by atoms with Crippen LogP contribution in [-0.2, 0) is 26.2 Å². The maximum Gasteiger partial charge on any atom is 2.00 e. The molecule has 82 valence electrons. The van der Waals surface area contributed by atoms with Gasteiger partial charge in [-0.3, -0.25) is 0 Å². The molecule has 13 heavy (non-hydrogen) atoms. The van der Waals surface area contributed by atoms with Gasteiger partial charge in [-0.1, -0.05) is 13.8 Å². The Bertz CT molecular complexity index is 28.1. The van der Waals surface area contributed by atoms with Crippen LogP contribution in [0.5, 0.6) is 0 Å². The van der Waals surface area contributed by atoms with E-state index in [0.717, 1.165) is 27.3 Å². The van der Waals surface area contributed by atoms with Gasteiger partial charge < -0.3 is 20.8 Å². The molecule has 0 spiro atoms. The van der Waals surface area contributed by atoms with Crippen molar-refractivity contribution in [2.24, 2.45) is 0 Å². The first kappa shape index (κ1) is 29.2. The first-order chi connectivity index (χ1) is 5.83. The first-order valence-corrected chi connectivity index (χ1v) is 3.84. The molecule has 0 saturated carbocycles. The van der Waals surface area contributed by atoms with E-state index in [0.29, 0.717) is 0 Å². The van der Waals surface area contributed by atoms with E-state index in [9.17, 15) is 0 Å². The van der Waals surface area contributed by atoms with E-state index in [2.05, 4.69) is 10.6 Å². The van der Waals surface area contributed by atoms with E-state index >= 15 is 0 Å². The van der Waals surface area contributed by atoms with Gasteiger partial charge in [0.25, 0.3) is 0 Å². The molecule has 0 aliphatic heterocycles. The predicted molar refractivity (Wildman–Crippen MR) is 55.9 cm³/mol. The molecule has 0 aliphatic carbocycles. The van der Waals surface area contributed by atoms with Crippen LogP contribution >= 0.6 is 0 Å². The Hall–Kier alpha value is 0.723. The summed E-state index contributed by atoms with van der Waals surface area (Å²) in [6.07, 6.45) is 0. The van der Waals surface area contributed by atoms with Crippen molar-refractivity contribution in [1.82, 2.24) is 0 Å². The van der Waals surface area contributed by atoms with Crippen LogP contribution in [0.3, 0.4) is 0 Å². The van der Waals surface area contributed by atoms with E-state index < -0.39 is 0 Å². The minimum absolute atomic E-state index is 0. The Morgan fingerprint density at radius 3 is 0.846 bits per heavy atom. The van der Waals surface area contributed by atoms with Gasteiger partial charge in [-0.2, -0.15) is 27.2 Å². The fourth-order valence-electron chi connectivity index (χ4n) is 0. The standard InChI is InChI=1S/2C3H8N.2CH4O.Zr/c2*1-3-4-2;2*1-2;/h2*3H2,1-2H3;2*2H,1H3;/q2*-1;;;+2. The predicted octanol–water partition coefficient (Wildman–Crippen LogP) is 1.23. The molecule has 2 N–H and O–H groups in total. The van der Waals surface area contributed by atoms with Crippen LogP contribution in [-0.4, -0.2) is 51.6 Å². The number of rotatable bonds is 2. The summed E-state index contributed by atoms with van der Waals surface area (Å²) in [6.45, 7) is 5.92. The van der Waals surface area contributed by atoms with Crippen LogP contribution in [0.4, 0.5) is 0 Å². The third-order valence-electron chi connectivity index (χ3n) is 0.632. The van der Waals surface area contributed by atoms with Gasteiger partial charge in [-0.15, -0.1) is 0 Å². The van der Waals surface area contributed by atoms with E-state index in [1.54, 1.807) is 14.1 Å². The second-order valence-corrected chi connectivity index (χ2v) is 1.26. The summed E-state index contributed by atoms with van der Waals surface area (Å²) >= 11 is 0. The quantitative estimate of drug-likeness (QED) is 0.793. The average molecular weight is 272 g/mol. The van der Waals surface area contributed by atoms with Gasteiger partial charge >= 0.3 is 26.2 Å². The fraction of sp³-hybridized carbons (Fsp3) is 1.00. The number of aliphatic hydroxyl groups excluding tert-OH is 2. The molecule has 0 bridgehead atoms. The molecular formula is C8H24N2O2Zr. The molecular weight excluding hydrogens is 247 g/mol. The molecule has 0 radical (unpaired) electrons. The molecule has 0 aliphatic rings. The summed E-state index contributed by atoms with van der Waals surface area (Å²) in [5, 5.41) is 21.5. The molecule has 0 amide bonds. The van der Waals surface area contributed by atoms with Gasteiger partial charge in [0.05, 0.1) is 0 Å². The second-order valence-electron chi connectivity index (χ2n) is 1.26. The van der Waals surface area contributed by atoms with Gasteiger partial charge in [-0.25, -0.2) is 0 Å². The van der Waals surface area contributed by atoms with Crippen LogP contribution in [0.1, 0.15) is 13.8 Å². The van der Waals surface area contributed by atoms with Crippen molar-refractivity contribution in [2.75, 3.05) is 41.4 Å². The van der Waals surface area contributed by atoms with Crippen molar-refractivity contribution in [2.45, 2.75) is 13.8 Å².